The van der Waals surface area contributed by atoms with Gasteiger partial charge in [-0.05, 0) is 30.6 Å². The molecule has 0 fully saturated rings. The Hall–Kier alpha value is -1.05. The van der Waals surface area contributed by atoms with Crippen LogP contribution in [-0.4, -0.2) is 6.34 Å². The molecule has 0 radical (unpaired) electrons. The molecule has 0 aliphatic heterocycles. The van der Waals surface area contributed by atoms with Crippen molar-refractivity contribution in [1.29, 1.82) is 0 Å². The molecule has 2 atom stereocenters. The van der Waals surface area contributed by atoms with Crippen molar-refractivity contribution in [2.75, 3.05) is 0 Å². The lowest BCUT2D eigenvalue weighted by Gasteiger charge is -2.15. The zero-order valence-corrected chi connectivity index (χ0v) is 12.0. The van der Waals surface area contributed by atoms with Crippen LogP contribution in [0.3, 0.4) is 0 Å². The van der Waals surface area contributed by atoms with Crippen molar-refractivity contribution < 1.29 is 0 Å². The van der Waals surface area contributed by atoms with Gasteiger partial charge in [-0.1, -0.05) is 52.8 Å². The zero-order valence-electron chi connectivity index (χ0n) is 12.0. The Bertz CT molecular complexity index is 275. The highest BCUT2D eigenvalue weighted by Crippen LogP contribution is 2.19. The molecule has 0 spiro atoms. The van der Waals surface area contributed by atoms with E-state index in [1.165, 1.54) is 6.34 Å². The van der Waals surface area contributed by atoms with Crippen LogP contribution in [0.1, 0.15) is 47.5 Å². The predicted molar refractivity (Wildman–Crippen MR) is 78.0 cm³/mol. The van der Waals surface area contributed by atoms with Gasteiger partial charge in [-0.2, -0.15) is 0 Å². The molecule has 0 bridgehead atoms. The standard InChI is InChI=1S/C15H28N2/c1-6-15(17-11-16)10-9-14(5)13(4)8-7-12(2)3/h7-8,10-14H,6,9H2,1-5H3,(H2,16,17)/b8-7-,15-10-. The van der Waals surface area contributed by atoms with Crippen LogP contribution >= 0.6 is 0 Å². The summed E-state index contributed by atoms with van der Waals surface area (Å²) in [6.07, 6.45) is 10.2. The van der Waals surface area contributed by atoms with Crippen LogP contribution in [0.5, 0.6) is 0 Å². The molecule has 0 saturated heterocycles. The third-order valence-electron chi connectivity index (χ3n) is 3.02. The van der Waals surface area contributed by atoms with E-state index in [2.05, 4.69) is 57.8 Å². The predicted octanol–water partition coefficient (Wildman–Crippen LogP) is 4.14. The van der Waals surface area contributed by atoms with Crippen LogP contribution in [0.15, 0.2) is 28.9 Å². The molecule has 0 saturated carbocycles. The van der Waals surface area contributed by atoms with E-state index in [-0.39, 0.29) is 0 Å². The lowest BCUT2D eigenvalue weighted by molar-refractivity contribution is 0.462. The van der Waals surface area contributed by atoms with E-state index in [9.17, 15) is 0 Å². The number of nitrogens with two attached hydrogens (primary N) is 1. The summed E-state index contributed by atoms with van der Waals surface area (Å²) >= 11 is 0. The van der Waals surface area contributed by atoms with Gasteiger partial charge in [0.15, 0.2) is 0 Å². The first-order chi connectivity index (χ1) is 8.01. The van der Waals surface area contributed by atoms with Crippen LogP contribution in [0.25, 0.3) is 0 Å². The Balaban J connectivity index is 4.28. The highest BCUT2D eigenvalue weighted by atomic mass is 14.8. The van der Waals surface area contributed by atoms with E-state index < -0.39 is 0 Å². The van der Waals surface area contributed by atoms with E-state index >= 15 is 0 Å². The van der Waals surface area contributed by atoms with Crippen molar-refractivity contribution in [1.82, 2.24) is 0 Å². The second-order valence-corrected chi connectivity index (χ2v) is 5.03. The summed E-state index contributed by atoms with van der Waals surface area (Å²) in [5, 5.41) is 0. The quantitative estimate of drug-likeness (QED) is 0.402. The molecule has 17 heavy (non-hydrogen) atoms. The maximum atomic E-state index is 5.31. The number of rotatable bonds is 7. The minimum Gasteiger partial charge on any atom is -0.390 e. The molecule has 2 N–H and O–H groups in total. The molecule has 2 unspecified atom stereocenters. The first-order valence-corrected chi connectivity index (χ1v) is 6.62. The first kappa shape index (κ1) is 16.0. The summed E-state index contributed by atoms with van der Waals surface area (Å²) in [6, 6.07) is 0. The number of hydrogen-bond donors (Lipinski definition) is 1. The maximum Gasteiger partial charge on any atom is 0.0856 e. The van der Waals surface area contributed by atoms with Crippen molar-refractivity contribution in [3.05, 3.63) is 23.9 Å². The van der Waals surface area contributed by atoms with Crippen molar-refractivity contribution in [3.8, 4) is 0 Å². The summed E-state index contributed by atoms with van der Waals surface area (Å²) in [7, 11) is 0. The smallest absolute Gasteiger partial charge is 0.0856 e. The first-order valence-electron chi connectivity index (χ1n) is 6.62. The van der Waals surface area contributed by atoms with Gasteiger partial charge >= 0.3 is 0 Å². The van der Waals surface area contributed by atoms with Crippen LogP contribution in [0.2, 0.25) is 0 Å². The largest absolute Gasteiger partial charge is 0.390 e. The van der Waals surface area contributed by atoms with Crippen LogP contribution < -0.4 is 5.73 Å². The SMILES string of the molecule is CC/C(=C/CC(C)C(C)/C=C\C(C)C)N=CN. The van der Waals surface area contributed by atoms with Crippen molar-refractivity contribution >= 4 is 6.34 Å². The molecule has 2 heteroatoms. The number of aliphatic imine (C=N–C) groups is 1. The highest BCUT2D eigenvalue weighted by Gasteiger charge is 2.07. The van der Waals surface area contributed by atoms with E-state index in [1.54, 1.807) is 0 Å². The summed E-state index contributed by atoms with van der Waals surface area (Å²) in [5.41, 5.74) is 6.39. The molecular weight excluding hydrogens is 208 g/mol. The third-order valence-corrected chi connectivity index (χ3v) is 3.02. The average Bonchev–Trinajstić information content (AvgIpc) is 2.30. The number of allylic oxidation sites excluding steroid dienone is 4. The second-order valence-electron chi connectivity index (χ2n) is 5.03. The molecule has 0 aromatic heterocycles. The molecule has 0 aromatic carbocycles. The summed E-state index contributed by atoms with van der Waals surface area (Å²) in [4.78, 5) is 4.14. The molecule has 0 aliphatic carbocycles. The lowest BCUT2D eigenvalue weighted by atomic mass is 9.91. The summed E-state index contributed by atoms with van der Waals surface area (Å²) in [5.74, 6) is 1.88. The van der Waals surface area contributed by atoms with Gasteiger partial charge in [-0.15, -0.1) is 0 Å². The van der Waals surface area contributed by atoms with Gasteiger partial charge < -0.3 is 5.73 Å². The molecule has 2 nitrogen and oxygen atoms in total. The Morgan fingerprint density at radius 1 is 1.18 bits per heavy atom. The zero-order chi connectivity index (χ0) is 13.3. The van der Waals surface area contributed by atoms with Crippen molar-refractivity contribution in [2.24, 2.45) is 28.5 Å². The van der Waals surface area contributed by atoms with Gasteiger partial charge in [-0.3, -0.25) is 0 Å². The van der Waals surface area contributed by atoms with Crippen LogP contribution in [-0.2, 0) is 0 Å². The molecule has 0 rings (SSSR count). The normalized spacial score (nSPS) is 17.2. The van der Waals surface area contributed by atoms with Gasteiger partial charge in [0.1, 0.15) is 0 Å². The summed E-state index contributed by atoms with van der Waals surface area (Å²) in [6.45, 7) is 11.1. The molecule has 0 aliphatic rings. The number of nitrogens with zero attached hydrogens (tertiary/aromatic N) is 1. The Morgan fingerprint density at radius 3 is 2.29 bits per heavy atom. The molecule has 0 aromatic rings. The minimum absolute atomic E-state index is 0.605. The van der Waals surface area contributed by atoms with E-state index in [0.29, 0.717) is 17.8 Å². The maximum absolute atomic E-state index is 5.31. The van der Waals surface area contributed by atoms with Gasteiger partial charge in [0, 0.05) is 5.70 Å². The Labute approximate surface area is 107 Å². The van der Waals surface area contributed by atoms with E-state index in [1.807, 2.05) is 0 Å². The van der Waals surface area contributed by atoms with E-state index in [0.717, 1.165) is 18.5 Å². The fourth-order valence-corrected chi connectivity index (χ4v) is 1.51. The number of hydrogen-bond acceptors (Lipinski definition) is 1. The average molecular weight is 236 g/mol. The fraction of sp³-hybridized carbons (Fsp3) is 0.667. The minimum atomic E-state index is 0.605. The van der Waals surface area contributed by atoms with Crippen LogP contribution in [0, 0.1) is 17.8 Å². The Morgan fingerprint density at radius 2 is 1.82 bits per heavy atom. The molecule has 0 amide bonds. The highest BCUT2D eigenvalue weighted by molar-refractivity contribution is 5.53. The van der Waals surface area contributed by atoms with Crippen LogP contribution in [0.4, 0.5) is 0 Å². The summed E-state index contributed by atoms with van der Waals surface area (Å²) < 4.78 is 0. The molecular formula is C15H28N2. The van der Waals surface area contributed by atoms with Crippen molar-refractivity contribution in [3.63, 3.8) is 0 Å². The van der Waals surface area contributed by atoms with Gasteiger partial charge in [-0.25, -0.2) is 4.99 Å². The van der Waals surface area contributed by atoms with Gasteiger partial charge in [0.05, 0.1) is 6.34 Å². The fourth-order valence-electron chi connectivity index (χ4n) is 1.51. The Kier molecular flexibility index (Phi) is 8.47. The second kappa shape index (κ2) is 9.03. The van der Waals surface area contributed by atoms with Gasteiger partial charge in [0.2, 0.25) is 0 Å². The molecule has 98 valence electrons. The van der Waals surface area contributed by atoms with Gasteiger partial charge in [0.25, 0.3) is 0 Å². The monoisotopic (exact) mass is 236 g/mol. The lowest BCUT2D eigenvalue weighted by Crippen LogP contribution is -2.04. The third kappa shape index (κ3) is 7.78. The van der Waals surface area contributed by atoms with E-state index in [4.69, 9.17) is 5.73 Å². The van der Waals surface area contributed by atoms with Crippen molar-refractivity contribution in [2.45, 2.75) is 47.5 Å². The topological polar surface area (TPSA) is 38.4 Å². The molecule has 0 heterocycles.